The van der Waals surface area contributed by atoms with Gasteiger partial charge in [0.1, 0.15) is 12.3 Å². The second kappa shape index (κ2) is 9.10. The highest BCUT2D eigenvalue weighted by molar-refractivity contribution is 5.97. The minimum Gasteiger partial charge on any atom is -0.496 e. The van der Waals surface area contributed by atoms with E-state index in [0.29, 0.717) is 29.4 Å². The number of benzene rings is 2. The fraction of sp³-hybridized carbons (Fsp3) is 0.350. The number of methoxy groups -OCH3 is 3. The van der Waals surface area contributed by atoms with Crippen LogP contribution in [0.5, 0.6) is 17.2 Å². The third-order valence-electron chi connectivity index (χ3n) is 4.05. The maximum Gasteiger partial charge on any atom is 0.255 e. The fourth-order valence-electron chi connectivity index (χ4n) is 2.76. The molecule has 6 heteroatoms. The van der Waals surface area contributed by atoms with E-state index in [0.717, 1.165) is 12.1 Å². The van der Waals surface area contributed by atoms with E-state index in [2.05, 4.69) is 25.5 Å². The van der Waals surface area contributed by atoms with E-state index in [1.54, 1.807) is 19.2 Å². The van der Waals surface area contributed by atoms with Gasteiger partial charge in [-0.3, -0.25) is 4.79 Å². The topological polar surface area (TPSA) is 61.2 Å². The Morgan fingerprint density at radius 1 is 0.923 bits per heavy atom. The number of carbonyl (C=O) groups excluding carboxylic acids is 1. The molecule has 0 spiro atoms. The summed E-state index contributed by atoms with van der Waals surface area (Å²) in [7, 11) is 8.80. The first-order chi connectivity index (χ1) is 12.5. The lowest BCUT2D eigenvalue weighted by molar-refractivity contribution is -0.872. The molecule has 0 aliphatic carbocycles. The number of quaternary nitrogens is 1. The number of ether oxygens (including phenoxy) is 3. The number of hydrogen-bond acceptors (Lipinski definition) is 4. The predicted molar refractivity (Wildman–Crippen MR) is 100 cm³/mol. The Bertz CT molecular complexity index is 759. The third kappa shape index (κ3) is 4.67. The number of carbonyl (C=O) groups is 1. The first-order valence-corrected chi connectivity index (χ1v) is 8.44. The van der Waals surface area contributed by atoms with Gasteiger partial charge in [-0.05, 0) is 5.56 Å². The smallest absolute Gasteiger partial charge is 0.255 e. The van der Waals surface area contributed by atoms with Gasteiger partial charge in [-0.2, -0.15) is 0 Å². The van der Waals surface area contributed by atoms with Gasteiger partial charge in [0, 0.05) is 24.2 Å². The van der Waals surface area contributed by atoms with Crippen LogP contribution in [-0.2, 0) is 13.1 Å². The van der Waals surface area contributed by atoms with Crippen LogP contribution < -0.4 is 24.4 Å². The molecule has 0 radical (unpaired) electrons. The van der Waals surface area contributed by atoms with Gasteiger partial charge in [0.25, 0.3) is 5.91 Å². The second-order valence-corrected chi connectivity index (χ2v) is 6.24. The van der Waals surface area contributed by atoms with Gasteiger partial charge < -0.3 is 24.4 Å². The molecule has 2 aromatic rings. The minimum absolute atomic E-state index is 0.227. The van der Waals surface area contributed by atoms with Crippen LogP contribution in [0.2, 0.25) is 0 Å². The zero-order valence-electron chi connectivity index (χ0n) is 16.0. The van der Waals surface area contributed by atoms with Gasteiger partial charge >= 0.3 is 0 Å². The largest absolute Gasteiger partial charge is 0.496 e. The Hall–Kier alpha value is -2.73. The molecule has 0 heterocycles. The molecule has 1 amide bonds. The molecule has 0 aromatic heterocycles. The van der Waals surface area contributed by atoms with Crippen molar-refractivity contribution < 1.29 is 23.9 Å². The minimum atomic E-state index is -0.227. The van der Waals surface area contributed by atoms with E-state index < -0.39 is 0 Å². The van der Waals surface area contributed by atoms with Crippen molar-refractivity contribution in [1.82, 2.24) is 5.32 Å². The molecule has 0 unspecified atom stereocenters. The van der Waals surface area contributed by atoms with E-state index in [9.17, 15) is 4.79 Å². The van der Waals surface area contributed by atoms with Crippen molar-refractivity contribution in [1.29, 1.82) is 0 Å². The summed E-state index contributed by atoms with van der Waals surface area (Å²) in [5, 5.41) is 2.97. The van der Waals surface area contributed by atoms with E-state index in [1.165, 1.54) is 24.7 Å². The molecule has 2 aromatic carbocycles. The first kappa shape index (κ1) is 19.6. The highest BCUT2D eigenvalue weighted by Crippen LogP contribution is 2.34. The molecule has 2 N–H and O–H groups in total. The quantitative estimate of drug-likeness (QED) is 0.746. The van der Waals surface area contributed by atoms with Crippen molar-refractivity contribution in [3.63, 3.8) is 0 Å². The Morgan fingerprint density at radius 2 is 1.50 bits per heavy atom. The van der Waals surface area contributed by atoms with Crippen molar-refractivity contribution >= 4 is 5.91 Å². The van der Waals surface area contributed by atoms with Crippen LogP contribution in [0, 0.1) is 0 Å². The van der Waals surface area contributed by atoms with Crippen LogP contribution in [0.3, 0.4) is 0 Å². The van der Waals surface area contributed by atoms with Crippen LogP contribution in [0.15, 0.2) is 36.4 Å². The second-order valence-electron chi connectivity index (χ2n) is 6.24. The third-order valence-corrected chi connectivity index (χ3v) is 4.05. The molecule has 0 aliphatic heterocycles. The molecule has 6 nitrogen and oxygen atoms in total. The van der Waals surface area contributed by atoms with Gasteiger partial charge in [-0.1, -0.05) is 24.3 Å². The van der Waals surface area contributed by atoms with E-state index in [1.807, 2.05) is 18.2 Å². The fourth-order valence-corrected chi connectivity index (χ4v) is 2.76. The number of amides is 1. The summed E-state index contributed by atoms with van der Waals surface area (Å²) in [4.78, 5) is 14.0. The molecule has 0 saturated heterocycles. The van der Waals surface area contributed by atoms with Crippen molar-refractivity contribution in [3.05, 3.63) is 53.1 Å². The molecule has 0 atom stereocenters. The lowest BCUT2D eigenvalue weighted by atomic mass is 10.1. The summed E-state index contributed by atoms with van der Waals surface area (Å²) in [6.07, 6.45) is 0. The first-order valence-electron chi connectivity index (χ1n) is 8.44. The molecule has 26 heavy (non-hydrogen) atoms. The average molecular weight is 359 g/mol. The Labute approximate surface area is 154 Å². The molecule has 0 fully saturated rings. The zero-order chi connectivity index (χ0) is 19.1. The van der Waals surface area contributed by atoms with Gasteiger partial charge in [0.15, 0.2) is 11.5 Å². The molecule has 0 aliphatic rings. The number of hydrogen-bond donors (Lipinski definition) is 2. The summed E-state index contributed by atoms with van der Waals surface area (Å²) < 4.78 is 15.9. The Kier molecular flexibility index (Phi) is 6.86. The molecule has 0 bridgehead atoms. The van der Waals surface area contributed by atoms with Gasteiger partial charge in [-0.15, -0.1) is 0 Å². The number of nitrogens with one attached hydrogen (secondary N) is 2. The lowest BCUT2D eigenvalue weighted by Gasteiger charge is -2.15. The highest BCUT2D eigenvalue weighted by atomic mass is 16.5. The van der Waals surface area contributed by atoms with Crippen LogP contribution >= 0.6 is 0 Å². The molecular formula is C20H27N2O4+. The molecule has 140 valence electrons. The lowest BCUT2D eigenvalue weighted by Crippen LogP contribution is -3.04. The molecule has 2 rings (SSSR count). The summed E-state index contributed by atoms with van der Waals surface area (Å²) >= 11 is 0. The normalized spacial score (nSPS) is 10.5. The van der Waals surface area contributed by atoms with E-state index >= 15 is 0 Å². The molecular weight excluding hydrogens is 332 g/mol. The van der Waals surface area contributed by atoms with E-state index in [-0.39, 0.29) is 5.91 Å². The van der Waals surface area contributed by atoms with Crippen molar-refractivity contribution in [2.75, 3.05) is 35.4 Å². The van der Waals surface area contributed by atoms with Crippen LogP contribution in [0.25, 0.3) is 0 Å². The monoisotopic (exact) mass is 359 g/mol. The average Bonchev–Trinajstić information content (AvgIpc) is 2.65. The van der Waals surface area contributed by atoms with Crippen LogP contribution in [0.4, 0.5) is 0 Å². The summed E-state index contributed by atoms with van der Waals surface area (Å²) in [5.74, 6) is 1.20. The maximum atomic E-state index is 12.7. The van der Waals surface area contributed by atoms with Crippen molar-refractivity contribution in [2.45, 2.75) is 13.1 Å². The standard InChI is InChI=1S/C20H26N2O4/c1-22(2)13-15-9-7-6-8-14(15)12-21-20(23)16-10-18(25-4)19(26-5)11-17(16)24-3/h6-11H,12-13H2,1-5H3,(H,21,23)/p+1. The zero-order valence-corrected chi connectivity index (χ0v) is 16.0. The summed E-state index contributed by atoms with van der Waals surface area (Å²) in [6.45, 7) is 1.34. The Balaban J connectivity index is 2.21. The van der Waals surface area contributed by atoms with Gasteiger partial charge in [0.05, 0.1) is 41.0 Å². The maximum absolute atomic E-state index is 12.7. The molecule has 0 saturated carbocycles. The summed E-state index contributed by atoms with van der Waals surface area (Å²) in [5.41, 5.74) is 2.72. The van der Waals surface area contributed by atoms with Crippen molar-refractivity contribution in [2.24, 2.45) is 0 Å². The number of rotatable bonds is 8. The van der Waals surface area contributed by atoms with Crippen LogP contribution in [0.1, 0.15) is 21.5 Å². The highest BCUT2D eigenvalue weighted by Gasteiger charge is 2.18. The predicted octanol–water partition coefficient (Wildman–Crippen LogP) is 1.29. The van der Waals surface area contributed by atoms with Gasteiger partial charge in [0.2, 0.25) is 0 Å². The summed E-state index contributed by atoms with van der Waals surface area (Å²) in [6, 6.07) is 11.4. The van der Waals surface area contributed by atoms with E-state index in [4.69, 9.17) is 14.2 Å². The Morgan fingerprint density at radius 3 is 2.08 bits per heavy atom. The SMILES string of the molecule is COc1cc(OC)c(C(=O)NCc2ccccc2C[NH+](C)C)cc1OC. The van der Waals surface area contributed by atoms with Crippen LogP contribution in [-0.4, -0.2) is 41.3 Å². The van der Waals surface area contributed by atoms with Crippen molar-refractivity contribution in [3.8, 4) is 17.2 Å². The van der Waals surface area contributed by atoms with Gasteiger partial charge in [-0.25, -0.2) is 0 Å².